The van der Waals surface area contributed by atoms with E-state index in [2.05, 4.69) is 66.8 Å². The second-order valence-corrected chi connectivity index (χ2v) is 21.6. The van der Waals surface area contributed by atoms with Crippen molar-refractivity contribution in [3.8, 4) is 0 Å². The van der Waals surface area contributed by atoms with Crippen molar-refractivity contribution < 1.29 is 74.1 Å². The molecule has 6 amide bonds. The third-order valence-corrected chi connectivity index (χ3v) is 12.7. The number of unbranched alkanes of at least 4 members (excludes halogenated alkanes) is 1. The fourth-order valence-electron chi connectivity index (χ4n) is 7.35. The molecule has 3 aromatic rings. The highest BCUT2D eigenvalue weighted by Crippen LogP contribution is 2.22. The Morgan fingerprint density at radius 3 is 1.14 bits per heavy atom. The zero-order valence-corrected chi connectivity index (χ0v) is 47.7. The predicted molar refractivity (Wildman–Crippen MR) is 299 cm³/mol. The summed E-state index contributed by atoms with van der Waals surface area (Å²) in [4.78, 5) is 89.6. The minimum Gasteiger partial charge on any atom is -0.755 e. The van der Waals surface area contributed by atoms with Crippen molar-refractivity contribution in [2.24, 2.45) is 5.41 Å². The largest absolute Gasteiger partial charge is 0.755 e. The number of carbonyl (C=O) groups excluding carboxylic acids is 7. The van der Waals surface area contributed by atoms with Crippen LogP contribution in [0.15, 0.2) is 72.8 Å². The lowest BCUT2D eigenvalue weighted by atomic mass is 9.90. The molecule has 0 aromatic heterocycles. The van der Waals surface area contributed by atoms with E-state index in [9.17, 15) is 59.8 Å². The Hall–Kier alpha value is -6.24. The van der Waals surface area contributed by atoms with Gasteiger partial charge >= 0.3 is 0 Å². The smallest absolute Gasteiger partial charge is 0.251 e. The number of hydrogen-bond acceptors (Lipinski definition) is 16. The molecule has 25 nitrogen and oxygen atoms in total. The highest BCUT2D eigenvalue weighted by molar-refractivity contribution is 7.81. The molecule has 0 aliphatic heterocycles. The van der Waals surface area contributed by atoms with E-state index in [-0.39, 0.29) is 145 Å². The maximum atomic E-state index is 13.6. The van der Waals surface area contributed by atoms with E-state index in [0.717, 1.165) is 6.42 Å². The van der Waals surface area contributed by atoms with E-state index >= 15 is 0 Å². The number of anilines is 3. The Morgan fingerprint density at radius 2 is 0.775 bits per heavy atom. The number of nitrogens with one attached hydrogen (secondary N) is 9. The van der Waals surface area contributed by atoms with Crippen LogP contribution in [-0.4, -0.2) is 145 Å². The van der Waals surface area contributed by atoms with Crippen molar-refractivity contribution in [1.29, 1.82) is 0 Å². The lowest BCUT2D eigenvalue weighted by molar-refractivity contribution is -0.130. The minimum atomic E-state index is -2.50. The molecule has 3 aromatic carbocycles. The summed E-state index contributed by atoms with van der Waals surface area (Å²) in [5.41, 5.74) is 0.623. The molecule has 0 heterocycles. The van der Waals surface area contributed by atoms with Crippen molar-refractivity contribution in [3.05, 3.63) is 89.5 Å². The lowest BCUT2D eigenvalue weighted by Gasteiger charge is -2.34. The normalized spacial score (nSPS) is 13.1. The number of ether oxygens (including phenoxy) is 3. The summed E-state index contributed by atoms with van der Waals surface area (Å²) in [6.07, 6.45) is 3.36. The Balaban J connectivity index is 1.55. The molecule has 0 saturated carbocycles. The monoisotopic (exact) mass is 1180 g/mol. The quantitative estimate of drug-likeness (QED) is 0.0224. The van der Waals surface area contributed by atoms with Crippen LogP contribution in [0.4, 0.5) is 17.1 Å². The molecule has 80 heavy (non-hydrogen) atoms. The number of benzene rings is 3. The van der Waals surface area contributed by atoms with Crippen LogP contribution >= 0.6 is 0 Å². The molecular formula is C52H74N9O16S3-3. The van der Waals surface area contributed by atoms with Gasteiger partial charge in [0.2, 0.25) is 23.6 Å². The van der Waals surface area contributed by atoms with Gasteiger partial charge in [0, 0.05) is 132 Å². The molecule has 444 valence electrons. The van der Waals surface area contributed by atoms with E-state index in [1.54, 1.807) is 0 Å². The highest BCUT2D eigenvalue weighted by Gasteiger charge is 2.34. The van der Waals surface area contributed by atoms with Crippen molar-refractivity contribution in [2.45, 2.75) is 96.9 Å². The second-order valence-electron chi connectivity index (χ2n) is 19.5. The molecule has 0 fully saturated rings. The molecule has 0 aliphatic carbocycles. The molecule has 0 saturated heterocycles. The van der Waals surface area contributed by atoms with Crippen LogP contribution in [0.5, 0.6) is 0 Å². The van der Waals surface area contributed by atoms with Crippen molar-refractivity contribution in [1.82, 2.24) is 31.9 Å². The first kappa shape index (κ1) is 68.0. The molecule has 0 radical (unpaired) electrons. The zero-order chi connectivity index (χ0) is 58.8. The highest BCUT2D eigenvalue weighted by atomic mass is 32.2. The molecule has 9 N–H and O–H groups in total. The molecule has 0 bridgehead atoms. The summed E-state index contributed by atoms with van der Waals surface area (Å²) in [7, 11) is 0. The van der Waals surface area contributed by atoms with E-state index in [1.165, 1.54) is 72.8 Å². The van der Waals surface area contributed by atoms with E-state index in [0.29, 0.717) is 72.4 Å². The first-order valence-corrected chi connectivity index (χ1v) is 29.2. The first-order chi connectivity index (χ1) is 38.1. The minimum absolute atomic E-state index is 0.0321. The Bertz CT molecular complexity index is 2260. The molecule has 3 unspecified atom stereocenters. The van der Waals surface area contributed by atoms with Crippen LogP contribution in [0.3, 0.4) is 0 Å². The van der Waals surface area contributed by atoms with Gasteiger partial charge in [-0.1, -0.05) is 20.8 Å². The molecular weight excluding hydrogens is 1100 g/mol. The van der Waals surface area contributed by atoms with Crippen molar-refractivity contribution >= 4 is 92.1 Å². The van der Waals surface area contributed by atoms with Crippen LogP contribution in [-0.2, 0) is 67.2 Å². The van der Waals surface area contributed by atoms with Gasteiger partial charge in [-0.15, -0.1) is 0 Å². The molecule has 3 atom stereocenters. The SMILES string of the molecule is CC(C)(C)CCCC(=O)NC(COCCC(=O)NCCCCC(=O)c1ccc(NS(=O)[O-])cc1)(COCCC(=O)NCCCNC(=O)c1ccc(NS(=O)[O-])cc1)COCCC(=O)NCCCNC(=O)c1ccc(NS(=O)[O-])cc1. The zero-order valence-electron chi connectivity index (χ0n) is 45.2. The number of hydrogen-bond donors (Lipinski definition) is 9. The second kappa shape index (κ2) is 37.6. The van der Waals surface area contributed by atoms with Gasteiger partial charge in [-0.3, -0.25) is 46.2 Å². The van der Waals surface area contributed by atoms with E-state index < -0.39 is 39.3 Å². The first-order valence-electron chi connectivity index (χ1n) is 25.9. The van der Waals surface area contributed by atoms with Crippen LogP contribution in [0.1, 0.15) is 122 Å². The summed E-state index contributed by atoms with van der Waals surface area (Å²) in [6, 6.07) is 17.7. The third-order valence-electron chi connectivity index (χ3n) is 11.5. The predicted octanol–water partition coefficient (Wildman–Crippen LogP) is 2.94. The van der Waals surface area contributed by atoms with Crippen LogP contribution in [0, 0.1) is 5.41 Å². The van der Waals surface area contributed by atoms with Crippen LogP contribution in [0.25, 0.3) is 0 Å². The summed E-state index contributed by atoms with van der Waals surface area (Å²) in [6.45, 7) is 6.69. The average molecular weight is 1180 g/mol. The Kier molecular flexibility index (Phi) is 32.0. The van der Waals surface area contributed by atoms with Crippen LogP contribution in [0.2, 0.25) is 0 Å². The fraction of sp³-hybridized carbons (Fsp3) is 0.519. The number of Topliss-reactive ketones (excluding diaryl/α,β-unsaturated/α-hetero) is 1. The molecule has 28 heteroatoms. The Labute approximate surface area is 474 Å². The van der Waals surface area contributed by atoms with Gasteiger partial charge in [0.25, 0.3) is 11.8 Å². The molecule has 3 rings (SSSR count). The average Bonchev–Trinajstić information content (AvgIpc) is 3.39. The van der Waals surface area contributed by atoms with Crippen LogP contribution < -0.4 is 46.1 Å². The van der Waals surface area contributed by atoms with Crippen molar-refractivity contribution in [2.75, 3.05) is 86.5 Å². The lowest BCUT2D eigenvalue weighted by Crippen LogP contribution is -2.58. The summed E-state index contributed by atoms with van der Waals surface area (Å²) in [5, 5.41) is 16.8. The number of rotatable bonds is 41. The number of ketones is 1. The maximum absolute atomic E-state index is 13.6. The van der Waals surface area contributed by atoms with Gasteiger partial charge in [0.15, 0.2) is 5.78 Å². The summed E-state index contributed by atoms with van der Waals surface area (Å²) in [5.74, 6) is -2.20. The fourth-order valence-corrected chi connectivity index (χ4v) is 8.33. The standard InChI is InChI=1S/C52H77N9O16S3/c1-51(2,3)26-6-10-48(66)58-52(35-75-32-23-45(63)53-27-5-4-9-44(62)38-11-17-41(18-12-38)59-78(69)70,36-76-33-24-46(64)54-28-7-30-56-49(67)39-13-19-42(20-14-39)60-79(71)72)37-77-34-25-47(65)55-29-8-31-57-50(68)40-15-21-43(22-16-40)61-80(73)74/h11-22,59-61H,4-10,23-37H2,1-3H3,(H,53,63)(H,54,64)(H,55,65)(H,56,67)(H,57,68)(H,58,66)(H,69,70)(H,71,72)(H,73,74)/p-3. The number of amides is 6. The molecule has 0 spiro atoms. The summed E-state index contributed by atoms with van der Waals surface area (Å²) >= 11 is -7.49. The van der Waals surface area contributed by atoms with Gasteiger partial charge in [0.05, 0.1) is 39.6 Å². The van der Waals surface area contributed by atoms with E-state index in [4.69, 9.17) is 14.2 Å². The number of carbonyl (C=O) groups is 7. The third kappa shape index (κ3) is 30.9. The van der Waals surface area contributed by atoms with E-state index in [1.807, 2.05) is 0 Å². The van der Waals surface area contributed by atoms with Gasteiger partial charge in [0.1, 0.15) is 5.54 Å². The van der Waals surface area contributed by atoms with Gasteiger partial charge < -0.3 is 73.9 Å². The Morgan fingerprint density at radius 1 is 0.425 bits per heavy atom. The maximum Gasteiger partial charge on any atom is 0.251 e. The van der Waals surface area contributed by atoms with Crippen molar-refractivity contribution in [3.63, 3.8) is 0 Å². The molecule has 0 aliphatic rings. The van der Waals surface area contributed by atoms with Gasteiger partial charge in [-0.05, 0) is 117 Å². The topological polar surface area (TPSA) is 376 Å². The van der Waals surface area contributed by atoms with Gasteiger partial charge in [-0.2, -0.15) is 0 Å². The summed E-state index contributed by atoms with van der Waals surface area (Å²) < 4.78 is 89.7. The van der Waals surface area contributed by atoms with Gasteiger partial charge in [-0.25, -0.2) is 0 Å².